The molecule has 0 radical (unpaired) electrons. The van der Waals surface area contributed by atoms with Crippen LogP contribution in [-0.4, -0.2) is 8.42 Å². The lowest BCUT2D eigenvalue weighted by atomic mass is 10.0. The normalized spacial score (nSPS) is 11.6. The minimum atomic E-state index is -3.61. The van der Waals surface area contributed by atoms with E-state index in [0.29, 0.717) is 9.79 Å². The second-order valence-electron chi connectivity index (χ2n) is 11.8. The van der Waals surface area contributed by atoms with Gasteiger partial charge >= 0.3 is 0 Å². The van der Waals surface area contributed by atoms with Gasteiger partial charge in [-0.2, -0.15) is 0 Å². The molecule has 0 fully saturated rings. The van der Waals surface area contributed by atoms with Gasteiger partial charge in [0, 0.05) is 0 Å². The molecular weight excluding hydrogens is 520 g/mol. The molecule has 0 saturated carbocycles. The average Bonchev–Trinajstić information content (AvgIpc) is 2.98. The van der Waals surface area contributed by atoms with Crippen molar-refractivity contribution in [2.24, 2.45) is 0 Å². The molecule has 0 atom stereocenters. The highest BCUT2D eigenvalue weighted by atomic mass is 32.2. The van der Waals surface area contributed by atoms with Gasteiger partial charge in [0.15, 0.2) is 0 Å². The Balaban J connectivity index is 2.30. The molecule has 0 saturated heterocycles. The fourth-order valence-corrected chi connectivity index (χ4v) is 7.38. The first kappa shape index (κ1) is 35.1. The molecule has 0 spiro atoms. The van der Waals surface area contributed by atoms with E-state index in [9.17, 15) is 8.42 Å². The molecule has 2 aromatic carbocycles. The molecule has 0 aliphatic heterocycles. The van der Waals surface area contributed by atoms with Crippen molar-refractivity contribution in [1.29, 1.82) is 0 Å². The van der Waals surface area contributed by atoms with E-state index in [2.05, 4.69) is 51.3 Å². The Morgan fingerprint density at radius 1 is 0.537 bits per heavy atom. The minimum absolute atomic E-state index is 0.524. The molecule has 41 heavy (non-hydrogen) atoms. The van der Waals surface area contributed by atoms with E-state index >= 15 is 0 Å². The van der Waals surface area contributed by atoms with Gasteiger partial charge in [-0.3, -0.25) is 0 Å². The van der Waals surface area contributed by atoms with E-state index in [-0.39, 0.29) is 0 Å². The molecule has 0 aliphatic rings. The minimum Gasteiger partial charge on any atom is -0.218 e. The summed E-state index contributed by atoms with van der Waals surface area (Å²) in [6.45, 7) is 12.1. The van der Waals surface area contributed by atoms with Gasteiger partial charge in [-0.05, 0) is 111 Å². The molecular formula is C38H58O2S. The number of aryl methyl sites for hydroxylation is 4. The lowest BCUT2D eigenvalue weighted by molar-refractivity contribution is 0.588. The Kier molecular flexibility index (Phi) is 17.7. The highest BCUT2D eigenvalue weighted by Gasteiger charge is 2.24. The summed E-state index contributed by atoms with van der Waals surface area (Å²) in [5.74, 6) is 0. The van der Waals surface area contributed by atoms with Crippen molar-refractivity contribution < 1.29 is 8.42 Å². The number of rotatable bonds is 24. The summed E-state index contributed by atoms with van der Waals surface area (Å²) in [4.78, 5) is 1.05. The Morgan fingerprint density at radius 2 is 0.927 bits per heavy atom. The summed E-state index contributed by atoms with van der Waals surface area (Å²) in [6.07, 6.45) is 25.9. The van der Waals surface area contributed by atoms with Crippen LogP contribution < -0.4 is 0 Å². The van der Waals surface area contributed by atoms with Crippen LogP contribution in [0.5, 0.6) is 0 Å². The predicted octanol–water partition coefficient (Wildman–Crippen LogP) is 11.3. The van der Waals surface area contributed by atoms with Crippen LogP contribution in [0.2, 0.25) is 0 Å². The van der Waals surface area contributed by atoms with Gasteiger partial charge in [-0.1, -0.05) is 102 Å². The Labute approximate surface area is 253 Å². The van der Waals surface area contributed by atoms with E-state index in [1.54, 1.807) is 0 Å². The van der Waals surface area contributed by atoms with Crippen molar-refractivity contribution in [3.05, 3.63) is 84.0 Å². The van der Waals surface area contributed by atoms with Crippen LogP contribution in [0.1, 0.15) is 139 Å². The summed E-state index contributed by atoms with van der Waals surface area (Å²) in [6, 6.07) is 12.3. The third-order valence-electron chi connectivity index (χ3n) is 8.18. The topological polar surface area (TPSA) is 34.1 Å². The zero-order chi connectivity index (χ0) is 29.8. The highest BCUT2D eigenvalue weighted by molar-refractivity contribution is 7.91. The molecule has 0 N–H and O–H groups in total. The number of hydrogen-bond donors (Lipinski definition) is 0. The van der Waals surface area contributed by atoms with Crippen LogP contribution in [-0.2, 0) is 35.5 Å². The lowest BCUT2D eigenvalue weighted by Gasteiger charge is -2.17. The molecule has 2 rings (SSSR count). The van der Waals surface area contributed by atoms with Crippen molar-refractivity contribution in [1.82, 2.24) is 0 Å². The summed E-state index contributed by atoms with van der Waals surface area (Å²) in [5.41, 5.74) is 4.54. The van der Waals surface area contributed by atoms with Crippen LogP contribution in [0.15, 0.2) is 71.5 Å². The Morgan fingerprint density at radius 3 is 1.32 bits per heavy atom. The highest BCUT2D eigenvalue weighted by Crippen LogP contribution is 2.31. The lowest BCUT2D eigenvalue weighted by Crippen LogP contribution is -2.10. The van der Waals surface area contributed by atoms with Crippen molar-refractivity contribution in [2.75, 3.05) is 0 Å². The maximum atomic E-state index is 14.3. The van der Waals surface area contributed by atoms with E-state index in [1.807, 2.05) is 24.3 Å². The number of benzene rings is 2. The number of sulfone groups is 1. The first-order valence-corrected chi connectivity index (χ1v) is 18.2. The fraction of sp³-hybridized carbons (Fsp3) is 0.579. The van der Waals surface area contributed by atoms with Gasteiger partial charge < -0.3 is 0 Å². The molecule has 228 valence electrons. The van der Waals surface area contributed by atoms with Crippen molar-refractivity contribution in [3.8, 4) is 0 Å². The monoisotopic (exact) mass is 578 g/mol. The van der Waals surface area contributed by atoms with E-state index in [4.69, 9.17) is 0 Å². The SMILES string of the molecule is C=CCCCCCCCc1cc(CCCC)ccc1S(=O)(=O)c1ccc(CCCC)cc1CCCCCCCC=C. The number of unbranched alkanes of at least 4 members (excludes halogenated alkanes) is 12. The second kappa shape index (κ2) is 20.7. The summed E-state index contributed by atoms with van der Waals surface area (Å²) in [7, 11) is -3.61. The zero-order valence-electron chi connectivity index (χ0n) is 26.4. The molecule has 3 heteroatoms. The molecule has 0 aliphatic carbocycles. The maximum absolute atomic E-state index is 14.3. The van der Waals surface area contributed by atoms with Crippen molar-refractivity contribution in [3.63, 3.8) is 0 Å². The molecule has 0 unspecified atom stereocenters. The van der Waals surface area contributed by atoms with Gasteiger partial charge in [-0.25, -0.2) is 8.42 Å². The first-order chi connectivity index (χ1) is 20.0. The van der Waals surface area contributed by atoms with Crippen LogP contribution in [0.3, 0.4) is 0 Å². The van der Waals surface area contributed by atoms with E-state index < -0.39 is 9.84 Å². The molecule has 0 heterocycles. The standard InChI is InChI=1S/C38H58O2S/c1-5-9-13-15-17-19-21-25-35-31-33(23-11-7-3)27-29-37(35)41(39,40)38-30-28-34(24-12-8-4)32-36(38)26-22-20-18-16-14-10-6-2/h5-6,27-32H,1-2,7-26H2,3-4H3. The van der Waals surface area contributed by atoms with Gasteiger partial charge in [0.1, 0.15) is 0 Å². The first-order valence-electron chi connectivity index (χ1n) is 16.7. The van der Waals surface area contributed by atoms with Crippen molar-refractivity contribution >= 4 is 9.84 Å². The predicted molar refractivity (Wildman–Crippen MR) is 179 cm³/mol. The smallest absolute Gasteiger partial charge is 0.207 e. The zero-order valence-corrected chi connectivity index (χ0v) is 27.2. The number of allylic oxidation sites excluding steroid dienone is 2. The Bertz CT molecular complexity index is 1050. The average molecular weight is 579 g/mol. The molecule has 0 amide bonds. The van der Waals surface area contributed by atoms with Crippen LogP contribution >= 0.6 is 0 Å². The van der Waals surface area contributed by atoms with Gasteiger partial charge in [0.25, 0.3) is 0 Å². The molecule has 0 bridgehead atoms. The van der Waals surface area contributed by atoms with Crippen LogP contribution in [0.25, 0.3) is 0 Å². The third-order valence-corrected chi connectivity index (χ3v) is 10.1. The quantitative estimate of drug-likeness (QED) is 0.0917. The van der Waals surface area contributed by atoms with E-state index in [1.165, 1.54) is 49.7 Å². The summed E-state index contributed by atoms with van der Waals surface area (Å²) in [5, 5.41) is 0. The second-order valence-corrected chi connectivity index (χ2v) is 13.7. The van der Waals surface area contributed by atoms with Crippen LogP contribution in [0.4, 0.5) is 0 Å². The van der Waals surface area contributed by atoms with Gasteiger partial charge in [-0.15, -0.1) is 13.2 Å². The molecule has 2 aromatic rings. The number of hydrogen-bond acceptors (Lipinski definition) is 2. The molecule has 2 nitrogen and oxygen atoms in total. The van der Waals surface area contributed by atoms with Gasteiger partial charge in [0.05, 0.1) is 9.79 Å². The van der Waals surface area contributed by atoms with Crippen molar-refractivity contribution in [2.45, 2.75) is 152 Å². The largest absolute Gasteiger partial charge is 0.218 e. The third kappa shape index (κ3) is 12.7. The Hall–Kier alpha value is -2.13. The van der Waals surface area contributed by atoms with Gasteiger partial charge in [0.2, 0.25) is 9.84 Å². The molecule has 0 aromatic heterocycles. The van der Waals surface area contributed by atoms with E-state index in [0.717, 1.165) is 101 Å². The fourth-order valence-electron chi connectivity index (χ4n) is 5.64. The summed E-state index contributed by atoms with van der Waals surface area (Å²) >= 11 is 0. The summed E-state index contributed by atoms with van der Waals surface area (Å²) < 4.78 is 28.6. The maximum Gasteiger partial charge on any atom is 0.207 e. The van der Waals surface area contributed by atoms with Crippen LogP contribution in [0, 0.1) is 0 Å².